The average molecular weight is 384 g/mol. The summed E-state index contributed by atoms with van der Waals surface area (Å²) in [4.78, 5) is 23.5. The van der Waals surface area contributed by atoms with Gasteiger partial charge >= 0.3 is 0 Å². The normalized spacial score (nSPS) is 16.5. The van der Waals surface area contributed by atoms with Gasteiger partial charge in [0, 0.05) is 18.8 Å². The molecular weight excluding hydrogens is 356 g/mol. The number of rotatable bonds is 7. The number of nitrogens with zero attached hydrogens (tertiary/aromatic N) is 3. The zero-order valence-electron chi connectivity index (χ0n) is 16.8. The fourth-order valence-electron chi connectivity index (χ4n) is 3.30. The maximum absolute atomic E-state index is 12.8. The van der Waals surface area contributed by atoms with Crippen molar-refractivity contribution in [1.82, 2.24) is 14.9 Å². The maximum atomic E-state index is 12.8. The van der Waals surface area contributed by atoms with E-state index in [-0.39, 0.29) is 5.91 Å². The fraction of sp³-hybridized carbons (Fsp3) is 0.476. The van der Waals surface area contributed by atoms with Crippen molar-refractivity contribution in [3.8, 4) is 11.5 Å². The van der Waals surface area contributed by atoms with Gasteiger partial charge in [-0.2, -0.15) is 0 Å². The lowest BCUT2D eigenvalue weighted by Gasteiger charge is -2.30. The Labute approximate surface area is 166 Å². The Morgan fingerprint density at radius 3 is 2.71 bits per heavy atom. The van der Waals surface area contributed by atoms with Crippen LogP contribution in [-0.4, -0.2) is 54.1 Å². The number of aromatic nitrogens is 2. The van der Waals surface area contributed by atoms with Crippen molar-refractivity contribution in [3.63, 3.8) is 0 Å². The Morgan fingerprint density at radius 1 is 1.25 bits per heavy atom. The van der Waals surface area contributed by atoms with Crippen LogP contribution in [0.2, 0.25) is 0 Å². The van der Waals surface area contributed by atoms with Gasteiger partial charge in [-0.05, 0) is 56.0 Å². The summed E-state index contributed by atoms with van der Waals surface area (Å²) in [5, 5.41) is 3.14. The summed E-state index contributed by atoms with van der Waals surface area (Å²) in [6, 6.07) is 9.18. The van der Waals surface area contributed by atoms with Crippen molar-refractivity contribution in [2.45, 2.75) is 26.7 Å². The Hall–Kier alpha value is -2.83. The number of amides is 1. The molecule has 1 aliphatic rings. The van der Waals surface area contributed by atoms with Crippen molar-refractivity contribution in [1.29, 1.82) is 0 Å². The van der Waals surface area contributed by atoms with Crippen LogP contribution < -0.4 is 14.8 Å². The first-order valence-corrected chi connectivity index (χ1v) is 9.71. The van der Waals surface area contributed by atoms with Crippen molar-refractivity contribution in [2.75, 3.05) is 38.7 Å². The molecule has 1 N–H and O–H groups in total. The Morgan fingerprint density at radius 2 is 2.00 bits per heavy atom. The molecule has 2 heterocycles. The van der Waals surface area contributed by atoms with E-state index in [2.05, 4.69) is 22.2 Å². The first-order chi connectivity index (χ1) is 13.5. The van der Waals surface area contributed by atoms with E-state index in [9.17, 15) is 4.79 Å². The third kappa shape index (κ3) is 5.34. The molecule has 1 amide bonds. The van der Waals surface area contributed by atoms with Gasteiger partial charge in [-0.25, -0.2) is 9.97 Å². The molecule has 1 saturated heterocycles. The zero-order valence-corrected chi connectivity index (χ0v) is 16.8. The highest BCUT2D eigenvalue weighted by Crippen LogP contribution is 2.18. The highest BCUT2D eigenvalue weighted by Gasteiger charge is 2.23. The van der Waals surface area contributed by atoms with Crippen molar-refractivity contribution in [2.24, 2.45) is 5.92 Å². The van der Waals surface area contributed by atoms with Gasteiger partial charge in [0.25, 0.3) is 5.91 Å². The molecule has 1 aromatic heterocycles. The van der Waals surface area contributed by atoms with Gasteiger partial charge in [0.1, 0.15) is 23.8 Å². The summed E-state index contributed by atoms with van der Waals surface area (Å²) < 4.78 is 10.8. The number of anilines is 1. The van der Waals surface area contributed by atoms with E-state index in [1.807, 2.05) is 36.1 Å². The molecule has 1 aliphatic heterocycles. The predicted octanol–water partition coefficient (Wildman–Crippen LogP) is 3.16. The standard InChI is InChI=1S/C21H28N4O3/c1-15-5-4-11-25(14-15)20(26)19-13-16(2)23-21(24-19)22-10-12-28-18-8-6-17(27-3)7-9-18/h6-9,13,15H,4-5,10-12,14H2,1-3H3,(H,22,23,24). The molecule has 0 spiro atoms. The lowest BCUT2D eigenvalue weighted by Crippen LogP contribution is -2.39. The number of carbonyl (C=O) groups excluding carboxylic acids is 1. The Kier molecular flexibility index (Phi) is 6.68. The van der Waals surface area contributed by atoms with Gasteiger partial charge in [0.05, 0.1) is 13.7 Å². The minimum Gasteiger partial charge on any atom is -0.497 e. The molecule has 2 aromatic rings. The van der Waals surface area contributed by atoms with Crippen molar-refractivity contribution < 1.29 is 14.3 Å². The van der Waals surface area contributed by atoms with Crippen LogP contribution in [0.3, 0.4) is 0 Å². The second-order valence-corrected chi connectivity index (χ2v) is 7.17. The number of methoxy groups -OCH3 is 1. The highest BCUT2D eigenvalue weighted by molar-refractivity contribution is 5.92. The van der Waals surface area contributed by atoms with Gasteiger partial charge in [0.15, 0.2) is 0 Å². The summed E-state index contributed by atoms with van der Waals surface area (Å²) in [6.45, 7) is 6.63. The van der Waals surface area contributed by atoms with Crippen LogP contribution in [0, 0.1) is 12.8 Å². The molecule has 0 aliphatic carbocycles. The number of hydrogen-bond acceptors (Lipinski definition) is 6. The predicted molar refractivity (Wildman–Crippen MR) is 108 cm³/mol. The summed E-state index contributed by atoms with van der Waals surface area (Å²) in [5.74, 6) is 2.52. The second-order valence-electron chi connectivity index (χ2n) is 7.17. The number of hydrogen-bond donors (Lipinski definition) is 1. The van der Waals surface area contributed by atoms with E-state index in [4.69, 9.17) is 9.47 Å². The Bertz CT molecular complexity index is 795. The zero-order chi connectivity index (χ0) is 19.9. The lowest BCUT2D eigenvalue weighted by molar-refractivity contribution is 0.0677. The lowest BCUT2D eigenvalue weighted by atomic mass is 10.00. The number of ether oxygens (including phenoxy) is 2. The van der Waals surface area contributed by atoms with Gasteiger partial charge in [-0.3, -0.25) is 4.79 Å². The summed E-state index contributed by atoms with van der Waals surface area (Å²) in [6.07, 6.45) is 2.22. The quantitative estimate of drug-likeness (QED) is 0.739. The van der Waals surface area contributed by atoms with Crippen LogP contribution in [-0.2, 0) is 0 Å². The summed E-state index contributed by atoms with van der Waals surface area (Å²) >= 11 is 0. The third-order valence-corrected chi connectivity index (χ3v) is 4.73. The number of benzene rings is 1. The largest absolute Gasteiger partial charge is 0.497 e. The van der Waals surface area contributed by atoms with Crippen LogP contribution in [0.4, 0.5) is 5.95 Å². The van der Waals surface area contributed by atoms with Crippen molar-refractivity contribution >= 4 is 11.9 Å². The molecule has 7 nitrogen and oxygen atoms in total. The highest BCUT2D eigenvalue weighted by atomic mass is 16.5. The molecule has 0 bridgehead atoms. The smallest absolute Gasteiger partial charge is 0.272 e. The molecule has 7 heteroatoms. The van der Waals surface area contributed by atoms with Crippen LogP contribution in [0.5, 0.6) is 11.5 Å². The maximum Gasteiger partial charge on any atom is 0.272 e. The molecule has 1 aromatic carbocycles. The first kappa shape index (κ1) is 19.9. The molecule has 28 heavy (non-hydrogen) atoms. The monoisotopic (exact) mass is 384 g/mol. The summed E-state index contributed by atoms with van der Waals surface area (Å²) in [5.41, 5.74) is 1.21. The van der Waals surface area contributed by atoms with Crippen LogP contribution in [0.1, 0.15) is 35.9 Å². The number of aryl methyl sites for hydroxylation is 1. The molecular formula is C21H28N4O3. The molecule has 1 atom stereocenters. The topological polar surface area (TPSA) is 76.6 Å². The number of likely N-dealkylation sites (tertiary alicyclic amines) is 1. The number of carbonyl (C=O) groups is 1. The van der Waals surface area contributed by atoms with E-state index >= 15 is 0 Å². The fourth-order valence-corrected chi connectivity index (χ4v) is 3.30. The minimum atomic E-state index is -0.0189. The first-order valence-electron chi connectivity index (χ1n) is 9.71. The van der Waals surface area contributed by atoms with E-state index in [0.29, 0.717) is 30.7 Å². The van der Waals surface area contributed by atoms with Gasteiger partial charge < -0.3 is 19.7 Å². The van der Waals surface area contributed by atoms with Crippen LogP contribution >= 0.6 is 0 Å². The van der Waals surface area contributed by atoms with Crippen LogP contribution in [0.15, 0.2) is 30.3 Å². The number of piperidine rings is 1. The van der Waals surface area contributed by atoms with Gasteiger partial charge in [0.2, 0.25) is 5.95 Å². The van der Waals surface area contributed by atoms with E-state index < -0.39 is 0 Å². The van der Waals surface area contributed by atoms with Crippen LogP contribution in [0.25, 0.3) is 0 Å². The van der Waals surface area contributed by atoms with Crippen molar-refractivity contribution in [3.05, 3.63) is 41.7 Å². The Balaban J connectivity index is 1.54. The van der Waals surface area contributed by atoms with E-state index in [0.717, 1.165) is 36.7 Å². The molecule has 0 saturated carbocycles. The SMILES string of the molecule is COc1ccc(OCCNc2nc(C)cc(C(=O)N3CCCC(C)C3)n2)cc1. The van der Waals surface area contributed by atoms with Gasteiger partial charge in [-0.1, -0.05) is 6.92 Å². The molecule has 150 valence electrons. The van der Waals surface area contributed by atoms with Gasteiger partial charge in [-0.15, -0.1) is 0 Å². The summed E-state index contributed by atoms with van der Waals surface area (Å²) in [7, 11) is 1.63. The van der Waals surface area contributed by atoms with E-state index in [1.54, 1.807) is 13.2 Å². The third-order valence-electron chi connectivity index (χ3n) is 4.73. The molecule has 3 rings (SSSR count). The second kappa shape index (κ2) is 9.39. The number of nitrogens with one attached hydrogen (secondary N) is 1. The minimum absolute atomic E-state index is 0.0189. The molecule has 1 unspecified atom stereocenters. The average Bonchev–Trinajstić information content (AvgIpc) is 2.70. The molecule has 1 fully saturated rings. The van der Waals surface area contributed by atoms with E-state index in [1.165, 1.54) is 6.42 Å². The molecule has 0 radical (unpaired) electrons.